The maximum absolute atomic E-state index is 6.20. The largest absolute Gasteiger partial charge is 0.497 e. The van der Waals surface area contributed by atoms with E-state index in [1.807, 2.05) is 66.2 Å². The van der Waals surface area contributed by atoms with Crippen LogP contribution >= 0.6 is 0 Å². The van der Waals surface area contributed by atoms with Crippen LogP contribution in [-0.2, 0) is 4.84 Å². The van der Waals surface area contributed by atoms with Crippen LogP contribution in [0.3, 0.4) is 0 Å². The van der Waals surface area contributed by atoms with Crippen molar-refractivity contribution >= 4 is 11.5 Å². The Labute approximate surface area is 214 Å². The molecular weight excluding hydrogens is 466 g/mol. The number of rotatable bonds is 6. The molecule has 37 heavy (non-hydrogen) atoms. The lowest BCUT2D eigenvalue weighted by molar-refractivity contribution is 0.0862. The number of oxime groups is 1. The second-order valence-corrected chi connectivity index (χ2v) is 8.72. The van der Waals surface area contributed by atoms with Gasteiger partial charge in [-0.05, 0) is 50.2 Å². The molecule has 0 saturated carbocycles. The van der Waals surface area contributed by atoms with Crippen LogP contribution in [0.25, 0.3) is 11.5 Å². The number of nitrogens with zero attached hydrogens (tertiary/aromatic N) is 7. The quantitative estimate of drug-likeness (QED) is 0.333. The summed E-state index contributed by atoms with van der Waals surface area (Å²) in [4.78, 5) is 12.5. The molecule has 0 amide bonds. The number of ether oxygens (including phenoxy) is 1. The number of aryl methyl sites for hydroxylation is 2. The lowest BCUT2D eigenvalue weighted by Gasteiger charge is -2.26. The highest BCUT2D eigenvalue weighted by Gasteiger charge is 2.39. The van der Waals surface area contributed by atoms with Gasteiger partial charge in [-0.2, -0.15) is 10.2 Å². The molecule has 1 aliphatic rings. The molecule has 1 aliphatic heterocycles. The number of methoxy groups -OCH3 is 1. The number of amidine groups is 1. The maximum Gasteiger partial charge on any atom is 0.237 e. The normalized spacial score (nSPS) is 14.9. The minimum atomic E-state index is -0.596. The molecule has 184 valence electrons. The zero-order valence-electron chi connectivity index (χ0n) is 20.7. The summed E-state index contributed by atoms with van der Waals surface area (Å²) in [6.45, 7) is 4.03. The monoisotopic (exact) mass is 491 g/mol. The van der Waals surface area contributed by atoms with E-state index in [0.717, 1.165) is 39.8 Å². The Morgan fingerprint density at radius 1 is 0.865 bits per heavy atom. The molecule has 0 N–H and O–H groups in total. The van der Waals surface area contributed by atoms with Crippen LogP contribution in [0.4, 0.5) is 5.69 Å². The Balaban J connectivity index is 1.53. The van der Waals surface area contributed by atoms with Crippen molar-refractivity contribution in [1.29, 1.82) is 0 Å². The molecule has 6 rings (SSSR count). The highest BCUT2D eigenvalue weighted by Crippen LogP contribution is 2.40. The van der Waals surface area contributed by atoms with Gasteiger partial charge in [0.2, 0.25) is 6.23 Å². The van der Waals surface area contributed by atoms with Crippen molar-refractivity contribution in [1.82, 2.24) is 24.5 Å². The number of aromatic nitrogens is 5. The van der Waals surface area contributed by atoms with Crippen LogP contribution in [0.5, 0.6) is 5.75 Å². The molecule has 0 saturated heterocycles. The second-order valence-electron chi connectivity index (χ2n) is 8.72. The van der Waals surface area contributed by atoms with E-state index >= 15 is 0 Å². The van der Waals surface area contributed by atoms with E-state index in [-0.39, 0.29) is 0 Å². The van der Waals surface area contributed by atoms with Gasteiger partial charge < -0.3 is 9.57 Å². The summed E-state index contributed by atoms with van der Waals surface area (Å²) in [5, 5.41) is 13.9. The van der Waals surface area contributed by atoms with Crippen molar-refractivity contribution in [3.05, 3.63) is 114 Å². The van der Waals surface area contributed by atoms with E-state index in [4.69, 9.17) is 14.7 Å². The first-order chi connectivity index (χ1) is 18.1. The fraction of sp³-hybridized carbons (Fsp3) is 0.143. The minimum Gasteiger partial charge on any atom is -0.497 e. The Kier molecular flexibility index (Phi) is 5.65. The predicted octanol–water partition coefficient (Wildman–Crippen LogP) is 4.98. The van der Waals surface area contributed by atoms with E-state index in [9.17, 15) is 0 Å². The van der Waals surface area contributed by atoms with Gasteiger partial charge in [-0.15, -0.1) is 0 Å². The van der Waals surface area contributed by atoms with Crippen LogP contribution < -0.4 is 9.64 Å². The number of benzene rings is 3. The van der Waals surface area contributed by atoms with Gasteiger partial charge in [-0.1, -0.05) is 53.2 Å². The van der Waals surface area contributed by atoms with E-state index in [2.05, 4.69) is 51.3 Å². The van der Waals surface area contributed by atoms with Crippen LogP contribution in [0, 0.1) is 13.8 Å². The molecule has 0 bridgehead atoms. The number of para-hydroxylation sites is 1. The zero-order chi connectivity index (χ0) is 25.4. The van der Waals surface area contributed by atoms with Gasteiger partial charge in [-0.25, -0.2) is 14.3 Å². The van der Waals surface area contributed by atoms with E-state index < -0.39 is 6.23 Å². The van der Waals surface area contributed by atoms with Gasteiger partial charge in [0.1, 0.15) is 18.4 Å². The summed E-state index contributed by atoms with van der Waals surface area (Å²) in [6, 6.07) is 26.0. The molecule has 5 aromatic rings. The van der Waals surface area contributed by atoms with Crippen LogP contribution in [0.2, 0.25) is 0 Å². The molecule has 0 aliphatic carbocycles. The Morgan fingerprint density at radius 3 is 2.30 bits per heavy atom. The molecule has 0 spiro atoms. The minimum absolute atomic E-state index is 0.596. The third-order valence-electron chi connectivity index (χ3n) is 6.33. The first kappa shape index (κ1) is 22.5. The van der Waals surface area contributed by atoms with E-state index in [0.29, 0.717) is 5.84 Å². The van der Waals surface area contributed by atoms with E-state index in [1.54, 1.807) is 18.1 Å². The summed E-state index contributed by atoms with van der Waals surface area (Å²) < 4.78 is 8.97. The van der Waals surface area contributed by atoms with Crippen molar-refractivity contribution < 1.29 is 9.57 Å². The van der Waals surface area contributed by atoms with Crippen molar-refractivity contribution in [3.63, 3.8) is 0 Å². The summed E-state index contributed by atoms with van der Waals surface area (Å²) >= 11 is 0. The van der Waals surface area contributed by atoms with Gasteiger partial charge in [-0.3, -0.25) is 4.90 Å². The van der Waals surface area contributed by atoms with Crippen molar-refractivity contribution in [3.8, 4) is 17.3 Å². The first-order valence-corrected chi connectivity index (χ1v) is 11.9. The van der Waals surface area contributed by atoms with Gasteiger partial charge >= 0.3 is 0 Å². The molecule has 3 heterocycles. The number of hydrogen-bond acceptors (Lipinski definition) is 7. The van der Waals surface area contributed by atoms with Gasteiger partial charge in [0.05, 0.1) is 24.1 Å². The summed E-state index contributed by atoms with van der Waals surface area (Å²) in [7, 11) is 1.65. The molecule has 1 unspecified atom stereocenters. The van der Waals surface area contributed by atoms with Crippen LogP contribution in [-0.4, -0.2) is 37.5 Å². The third-order valence-corrected chi connectivity index (χ3v) is 6.33. The first-order valence-electron chi connectivity index (χ1n) is 11.9. The molecule has 3 aromatic carbocycles. The maximum atomic E-state index is 6.20. The Morgan fingerprint density at radius 2 is 1.62 bits per heavy atom. The highest BCUT2D eigenvalue weighted by atomic mass is 16.7. The average Bonchev–Trinajstić information content (AvgIpc) is 3.68. The molecular formula is C28H25N7O2. The lowest BCUT2D eigenvalue weighted by Crippen LogP contribution is -2.32. The number of hydrogen-bond donors (Lipinski definition) is 0. The van der Waals surface area contributed by atoms with Crippen LogP contribution in [0.15, 0.2) is 96.7 Å². The molecule has 9 heteroatoms. The van der Waals surface area contributed by atoms with Crippen molar-refractivity contribution in [2.24, 2.45) is 5.16 Å². The zero-order valence-corrected chi connectivity index (χ0v) is 20.7. The topological polar surface area (TPSA) is 82.6 Å². The summed E-state index contributed by atoms with van der Waals surface area (Å²) in [5.41, 5.74) is 5.54. The predicted molar refractivity (Wildman–Crippen MR) is 140 cm³/mol. The molecule has 0 radical (unpaired) electrons. The van der Waals surface area contributed by atoms with Crippen LogP contribution in [0.1, 0.15) is 28.6 Å². The van der Waals surface area contributed by atoms with Gasteiger partial charge in [0, 0.05) is 11.3 Å². The molecule has 9 nitrogen and oxygen atoms in total. The number of anilines is 1. The smallest absolute Gasteiger partial charge is 0.237 e. The Bertz CT molecular complexity index is 1540. The fourth-order valence-electron chi connectivity index (χ4n) is 4.48. The van der Waals surface area contributed by atoms with Crippen molar-refractivity contribution in [2.75, 3.05) is 12.0 Å². The lowest BCUT2D eigenvalue weighted by atomic mass is 10.1. The highest BCUT2D eigenvalue weighted by molar-refractivity contribution is 6.10. The van der Waals surface area contributed by atoms with E-state index in [1.165, 1.54) is 11.9 Å². The standard InChI is InChI=1S/C28H25N7O2/c1-19-9-11-21(12-10-19)26-32-37-28(34(26)22-13-15-24(36-3)16-14-22)25-20(2)31-35(23-7-5-4-6-8-23)27(25)33-18-29-17-30-33/h4-18,28H,1-3H3. The van der Waals surface area contributed by atoms with Gasteiger partial charge in [0.15, 0.2) is 11.7 Å². The SMILES string of the molecule is COc1ccc(N2C(c3ccc(C)cc3)=NOC2c2c(C)nn(-c3ccccc3)c2-n2cncn2)cc1. The summed E-state index contributed by atoms with van der Waals surface area (Å²) in [5.74, 6) is 2.20. The Hall–Kier alpha value is -4.92. The average molecular weight is 492 g/mol. The fourth-order valence-corrected chi connectivity index (χ4v) is 4.48. The molecule has 0 fully saturated rings. The van der Waals surface area contributed by atoms with Gasteiger partial charge in [0.25, 0.3) is 0 Å². The third kappa shape index (κ3) is 4.00. The summed E-state index contributed by atoms with van der Waals surface area (Å²) in [6.07, 6.45) is 2.57. The second kappa shape index (κ2) is 9.27. The molecule has 2 aromatic heterocycles. The molecule has 1 atom stereocenters. The van der Waals surface area contributed by atoms with Crippen molar-refractivity contribution in [2.45, 2.75) is 20.1 Å².